The van der Waals surface area contributed by atoms with Gasteiger partial charge in [0.2, 0.25) is 0 Å². The Bertz CT molecular complexity index is 1120. The highest BCUT2D eigenvalue weighted by atomic mass is 32.2. The molecule has 140 valence electrons. The molecule has 27 heavy (non-hydrogen) atoms. The van der Waals surface area contributed by atoms with Gasteiger partial charge in [-0.15, -0.1) is 16.5 Å². The Balaban J connectivity index is 1.80. The van der Waals surface area contributed by atoms with E-state index >= 15 is 0 Å². The number of azo groups is 1. The zero-order chi connectivity index (χ0) is 19.4. The van der Waals surface area contributed by atoms with Crippen molar-refractivity contribution < 1.29 is 8.42 Å². The molecular weight excluding hydrogens is 410 g/mol. The SMILES string of the molecule is CSc1nc(N)c(N=Nc2ccc(S(=O)(=O)Nc3nccs3)cc2)c(=O)[nH]1. The van der Waals surface area contributed by atoms with Crippen LogP contribution in [0.5, 0.6) is 0 Å². The lowest BCUT2D eigenvalue weighted by Crippen LogP contribution is -2.12. The number of nitrogen functional groups attached to an aromatic ring is 1. The molecule has 0 aliphatic heterocycles. The number of H-pyrrole nitrogens is 1. The summed E-state index contributed by atoms with van der Waals surface area (Å²) in [4.78, 5) is 22.4. The van der Waals surface area contributed by atoms with Crippen molar-refractivity contribution in [2.45, 2.75) is 10.1 Å². The number of nitrogens with zero attached hydrogens (tertiary/aromatic N) is 4. The molecule has 3 aromatic rings. The molecule has 0 spiro atoms. The van der Waals surface area contributed by atoms with Gasteiger partial charge in [-0.2, -0.15) is 5.11 Å². The van der Waals surface area contributed by atoms with E-state index in [-0.39, 0.29) is 21.5 Å². The highest BCUT2D eigenvalue weighted by molar-refractivity contribution is 7.98. The number of thioether (sulfide) groups is 1. The average Bonchev–Trinajstić information content (AvgIpc) is 3.13. The fraction of sp³-hybridized carbons (Fsp3) is 0.0714. The minimum absolute atomic E-state index is 0.0417. The van der Waals surface area contributed by atoms with E-state index in [0.29, 0.717) is 10.8 Å². The number of aromatic amines is 1. The molecule has 0 bridgehead atoms. The van der Waals surface area contributed by atoms with E-state index in [4.69, 9.17) is 5.73 Å². The predicted molar refractivity (Wildman–Crippen MR) is 105 cm³/mol. The molecule has 2 aromatic heterocycles. The Morgan fingerprint density at radius 2 is 2.00 bits per heavy atom. The van der Waals surface area contributed by atoms with E-state index < -0.39 is 15.6 Å². The first-order valence-electron chi connectivity index (χ1n) is 7.27. The van der Waals surface area contributed by atoms with Crippen molar-refractivity contribution in [3.8, 4) is 0 Å². The maximum absolute atomic E-state index is 12.3. The summed E-state index contributed by atoms with van der Waals surface area (Å²) in [5.41, 5.74) is 5.43. The number of sulfonamides is 1. The summed E-state index contributed by atoms with van der Waals surface area (Å²) < 4.78 is 26.9. The second-order valence-electron chi connectivity index (χ2n) is 4.95. The van der Waals surface area contributed by atoms with Crippen molar-refractivity contribution in [2.24, 2.45) is 10.2 Å². The standard InChI is InChI=1S/C14H13N7O3S3/c1-25-14-17-11(15)10(12(22)18-14)20-19-8-2-4-9(5-3-8)27(23,24)21-13-16-6-7-26-13/h2-7H,1H3,(H,16,21)(H3,15,17,18,22). The first kappa shape index (κ1) is 19.0. The number of hydrogen-bond donors (Lipinski definition) is 3. The second-order valence-corrected chi connectivity index (χ2v) is 8.32. The molecule has 3 rings (SSSR count). The Morgan fingerprint density at radius 1 is 1.26 bits per heavy atom. The van der Waals surface area contributed by atoms with Gasteiger partial charge in [0.25, 0.3) is 15.6 Å². The number of anilines is 2. The third kappa shape index (κ3) is 4.50. The van der Waals surface area contributed by atoms with E-state index in [1.165, 1.54) is 53.6 Å². The lowest BCUT2D eigenvalue weighted by atomic mass is 10.3. The molecule has 0 amide bonds. The highest BCUT2D eigenvalue weighted by Gasteiger charge is 2.15. The summed E-state index contributed by atoms with van der Waals surface area (Å²) in [6.07, 6.45) is 3.25. The minimum atomic E-state index is -3.75. The Morgan fingerprint density at radius 3 is 2.59 bits per heavy atom. The fourth-order valence-electron chi connectivity index (χ4n) is 1.90. The Kier molecular flexibility index (Phi) is 5.53. The molecule has 0 aliphatic rings. The topological polar surface area (TPSA) is 156 Å². The molecule has 13 heteroatoms. The quantitative estimate of drug-likeness (QED) is 0.313. The van der Waals surface area contributed by atoms with Crippen molar-refractivity contribution in [3.63, 3.8) is 0 Å². The smallest absolute Gasteiger partial charge is 0.281 e. The first-order valence-corrected chi connectivity index (χ1v) is 10.9. The van der Waals surface area contributed by atoms with Gasteiger partial charge in [0, 0.05) is 11.6 Å². The van der Waals surface area contributed by atoms with Crippen LogP contribution in [0.15, 0.2) is 60.9 Å². The van der Waals surface area contributed by atoms with Gasteiger partial charge in [0.15, 0.2) is 21.8 Å². The van der Waals surface area contributed by atoms with Crippen molar-refractivity contribution in [3.05, 3.63) is 46.2 Å². The van der Waals surface area contributed by atoms with E-state index in [2.05, 4.69) is 29.9 Å². The van der Waals surface area contributed by atoms with Crippen LogP contribution in [0.25, 0.3) is 0 Å². The van der Waals surface area contributed by atoms with Crippen molar-refractivity contribution in [1.82, 2.24) is 15.0 Å². The van der Waals surface area contributed by atoms with Crippen LogP contribution in [0.1, 0.15) is 0 Å². The zero-order valence-corrected chi connectivity index (χ0v) is 16.2. The van der Waals surface area contributed by atoms with Crippen LogP contribution in [-0.4, -0.2) is 29.6 Å². The normalized spacial score (nSPS) is 11.7. The first-order chi connectivity index (χ1) is 12.9. The molecular formula is C14H13N7O3S3. The molecule has 0 unspecified atom stereocenters. The van der Waals surface area contributed by atoms with Gasteiger partial charge in [-0.25, -0.2) is 18.4 Å². The van der Waals surface area contributed by atoms with Gasteiger partial charge in [0.1, 0.15) is 0 Å². The number of nitrogens with two attached hydrogens (primary N) is 1. The van der Waals surface area contributed by atoms with Gasteiger partial charge in [0.05, 0.1) is 10.6 Å². The zero-order valence-electron chi connectivity index (χ0n) is 13.8. The van der Waals surface area contributed by atoms with Crippen LogP contribution < -0.4 is 16.0 Å². The van der Waals surface area contributed by atoms with Gasteiger partial charge < -0.3 is 5.73 Å². The van der Waals surface area contributed by atoms with Crippen LogP contribution in [0.4, 0.5) is 22.3 Å². The summed E-state index contributed by atoms with van der Waals surface area (Å²) in [6, 6.07) is 5.64. The number of thiazole rings is 1. The number of benzene rings is 1. The maximum atomic E-state index is 12.3. The molecule has 0 radical (unpaired) electrons. The third-order valence-electron chi connectivity index (χ3n) is 3.16. The van der Waals surface area contributed by atoms with E-state index in [0.717, 1.165) is 0 Å². The molecule has 0 saturated heterocycles. The van der Waals surface area contributed by atoms with Gasteiger partial charge in [-0.1, -0.05) is 11.8 Å². The van der Waals surface area contributed by atoms with E-state index in [1.807, 2.05) is 0 Å². The lowest BCUT2D eigenvalue weighted by molar-refractivity contribution is 0.601. The predicted octanol–water partition coefficient (Wildman–Crippen LogP) is 2.75. The van der Waals surface area contributed by atoms with Crippen LogP contribution in [0.2, 0.25) is 0 Å². The summed E-state index contributed by atoms with van der Waals surface area (Å²) in [5.74, 6) is -0.0429. The lowest BCUT2D eigenvalue weighted by Gasteiger charge is -2.05. The number of aromatic nitrogens is 3. The minimum Gasteiger partial charge on any atom is -0.382 e. The summed E-state index contributed by atoms with van der Waals surface area (Å²) in [5, 5.41) is 10.0. The second kappa shape index (κ2) is 7.85. The molecule has 0 aliphatic carbocycles. The summed E-state index contributed by atoms with van der Waals surface area (Å²) in [6.45, 7) is 0. The maximum Gasteiger partial charge on any atom is 0.281 e. The molecule has 0 saturated carbocycles. The molecule has 0 fully saturated rings. The van der Waals surface area contributed by atoms with Crippen LogP contribution >= 0.6 is 23.1 Å². The monoisotopic (exact) mass is 423 g/mol. The van der Waals surface area contributed by atoms with Crippen LogP contribution in [-0.2, 0) is 10.0 Å². The third-order valence-corrected chi connectivity index (χ3v) is 5.91. The number of rotatable bonds is 6. The molecule has 10 nitrogen and oxygen atoms in total. The molecule has 4 N–H and O–H groups in total. The molecule has 2 heterocycles. The summed E-state index contributed by atoms with van der Waals surface area (Å²) in [7, 11) is -3.75. The van der Waals surface area contributed by atoms with E-state index in [9.17, 15) is 13.2 Å². The summed E-state index contributed by atoms with van der Waals surface area (Å²) >= 11 is 2.41. The average molecular weight is 424 g/mol. The van der Waals surface area contributed by atoms with Gasteiger partial charge >= 0.3 is 0 Å². The fourth-order valence-corrected chi connectivity index (χ4v) is 4.08. The van der Waals surface area contributed by atoms with Gasteiger partial charge in [-0.3, -0.25) is 14.5 Å². The van der Waals surface area contributed by atoms with Gasteiger partial charge in [-0.05, 0) is 30.5 Å². The van der Waals surface area contributed by atoms with E-state index in [1.54, 1.807) is 11.6 Å². The molecule has 0 atom stereocenters. The van der Waals surface area contributed by atoms with Crippen molar-refractivity contribution in [2.75, 3.05) is 16.7 Å². The van der Waals surface area contributed by atoms with Crippen LogP contribution in [0.3, 0.4) is 0 Å². The largest absolute Gasteiger partial charge is 0.382 e. The molecule has 1 aromatic carbocycles. The van der Waals surface area contributed by atoms with Crippen LogP contribution in [0, 0.1) is 0 Å². The van der Waals surface area contributed by atoms with Crippen molar-refractivity contribution in [1.29, 1.82) is 0 Å². The Labute approximate surface area is 162 Å². The highest BCUT2D eigenvalue weighted by Crippen LogP contribution is 2.23. The Hall–Kier alpha value is -2.77. The number of hydrogen-bond acceptors (Lipinski definition) is 10. The number of nitrogens with one attached hydrogen (secondary N) is 2. The van der Waals surface area contributed by atoms with Crippen molar-refractivity contribution >= 4 is 55.4 Å².